The molecule has 3 N–H and O–H groups in total. The number of aromatic amines is 1. The van der Waals surface area contributed by atoms with Crippen LogP contribution in [0.25, 0.3) is 11.0 Å². The van der Waals surface area contributed by atoms with Crippen molar-refractivity contribution in [1.29, 1.82) is 0 Å². The van der Waals surface area contributed by atoms with E-state index in [4.69, 9.17) is 12.2 Å². The van der Waals surface area contributed by atoms with Gasteiger partial charge < -0.3 is 4.98 Å². The minimum absolute atomic E-state index is 0.174. The number of hydrogen-bond donors (Lipinski definition) is 3. The van der Waals surface area contributed by atoms with Crippen LogP contribution < -0.4 is 0 Å². The third kappa shape index (κ3) is 11.4. The maximum absolute atomic E-state index is 11.9. The van der Waals surface area contributed by atoms with Crippen molar-refractivity contribution in [2.24, 2.45) is 0 Å². The Morgan fingerprint density at radius 3 is 2.03 bits per heavy atom. The largest absolute Gasteiger partial charge is 0.342 e. The van der Waals surface area contributed by atoms with Crippen molar-refractivity contribution in [3.05, 3.63) is 23.5 Å². The van der Waals surface area contributed by atoms with Crippen molar-refractivity contribution in [3.63, 3.8) is 0 Å². The monoisotopic (exact) mass is 588 g/mol. The smallest absolute Gasteiger partial charge is 0.294 e. The zero-order valence-corrected chi connectivity index (χ0v) is 25.2. The fourth-order valence-corrected chi connectivity index (χ4v) is 6.46. The molecule has 2 aromatic rings. The van der Waals surface area contributed by atoms with E-state index < -0.39 is 25.5 Å². The van der Waals surface area contributed by atoms with E-state index in [0.29, 0.717) is 28.8 Å². The Morgan fingerprint density at radius 2 is 1.50 bits per heavy atom. The van der Waals surface area contributed by atoms with Crippen LogP contribution in [-0.2, 0) is 33.1 Å². The van der Waals surface area contributed by atoms with Gasteiger partial charge in [-0.3, -0.25) is 9.11 Å². The van der Waals surface area contributed by atoms with Crippen LogP contribution >= 0.6 is 12.2 Å². The van der Waals surface area contributed by atoms with Gasteiger partial charge in [0.25, 0.3) is 20.2 Å². The van der Waals surface area contributed by atoms with Gasteiger partial charge in [-0.25, -0.2) is 4.98 Å². The second kappa shape index (κ2) is 16.0. The predicted octanol–water partition coefficient (Wildman–Crippen LogP) is 7.02. The lowest BCUT2D eigenvalue weighted by Gasteiger charge is -2.09. The third-order valence-electron chi connectivity index (χ3n) is 7.01. The number of aryl methyl sites for hydroxylation is 1. The molecule has 1 atom stereocenters. The molecule has 0 amide bonds. The first kappa shape index (κ1) is 32.8. The molecule has 1 aromatic heterocycles. The summed E-state index contributed by atoms with van der Waals surface area (Å²) in [4.78, 5) is 8.17. The molecule has 0 saturated carbocycles. The highest BCUT2D eigenvalue weighted by Crippen LogP contribution is 2.25. The minimum Gasteiger partial charge on any atom is -0.342 e. The summed E-state index contributed by atoms with van der Waals surface area (Å²) >= 11 is 5.61. The molecule has 0 bridgehead atoms. The Kier molecular flexibility index (Phi) is 13.8. The fourth-order valence-electron chi connectivity index (χ4n) is 4.76. The molecule has 38 heavy (non-hydrogen) atoms. The van der Waals surface area contributed by atoms with Crippen molar-refractivity contribution < 1.29 is 25.9 Å². The molecule has 0 spiro atoms. The van der Waals surface area contributed by atoms with Gasteiger partial charge in [-0.15, -0.1) is 0 Å². The number of aromatic nitrogens is 2. The summed E-state index contributed by atoms with van der Waals surface area (Å²) in [6.07, 6.45) is 15.6. The van der Waals surface area contributed by atoms with E-state index in [2.05, 4.69) is 16.9 Å². The third-order valence-corrected chi connectivity index (χ3v) is 9.60. The number of rotatable bonds is 20. The van der Waals surface area contributed by atoms with Gasteiger partial charge in [-0.2, -0.15) is 16.8 Å². The topological polar surface area (TPSA) is 137 Å². The molecule has 216 valence electrons. The molecule has 0 aliphatic rings. The van der Waals surface area contributed by atoms with Crippen LogP contribution in [0.4, 0.5) is 0 Å². The van der Waals surface area contributed by atoms with Crippen LogP contribution in [0, 0.1) is 0 Å². The highest BCUT2D eigenvalue weighted by molar-refractivity contribution is 7.86. The average molecular weight is 589 g/mol. The number of H-pyrrole nitrogens is 1. The molecule has 1 unspecified atom stereocenters. The van der Waals surface area contributed by atoms with Crippen LogP contribution in [0.3, 0.4) is 0 Å². The molecule has 1 aromatic carbocycles. The van der Waals surface area contributed by atoms with Crippen LogP contribution in [0.5, 0.6) is 0 Å². The first-order valence-electron chi connectivity index (χ1n) is 13.9. The van der Waals surface area contributed by atoms with E-state index in [-0.39, 0.29) is 24.2 Å². The van der Waals surface area contributed by atoms with Crippen molar-refractivity contribution in [2.75, 3.05) is 0 Å². The maximum atomic E-state index is 11.9. The molecule has 0 fully saturated rings. The summed E-state index contributed by atoms with van der Waals surface area (Å²) in [7, 11) is -8.59. The van der Waals surface area contributed by atoms with E-state index in [1.54, 1.807) is 6.92 Å². The number of unbranched alkanes of at least 4 members (excludes halogenated alkanes) is 10. The van der Waals surface area contributed by atoms with E-state index in [1.165, 1.54) is 69.9 Å². The zero-order valence-electron chi connectivity index (χ0n) is 22.7. The quantitative estimate of drug-likeness (QED) is 0.0852. The van der Waals surface area contributed by atoms with E-state index >= 15 is 0 Å². The first-order chi connectivity index (χ1) is 18.0. The molecule has 8 nitrogen and oxygen atoms in total. The van der Waals surface area contributed by atoms with Gasteiger partial charge in [0.2, 0.25) is 0 Å². The van der Waals surface area contributed by atoms with Crippen molar-refractivity contribution in [2.45, 2.75) is 127 Å². The lowest BCUT2D eigenvalue weighted by Crippen LogP contribution is -2.20. The molecular formula is C27H44N2O6S3. The number of benzene rings is 1. The Balaban J connectivity index is 1.95. The molecule has 11 heteroatoms. The Morgan fingerprint density at radius 1 is 0.921 bits per heavy atom. The minimum atomic E-state index is -4.43. The van der Waals surface area contributed by atoms with Crippen LogP contribution in [0.1, 0.15) is 115 Å². The summed E-state index contributed by atoms with van der Waals surface area (Å²) in [6, 6.07) is 2.72. The number of nitrogens with one attached hydrogen (secondary N) is 1. The van der Waals surface area contributed by atoms with Gasteiger partial charge in [0.15, 0.2) is 0 Å². The highest BCUT2D eigenvalue weighted by atomic mass is 32.2. The number of hydrogen-bond acceptors (Lipinski definition) is 6. The zero-order chi connectivity index (χ0) is 28.2. The van der Waals surface area contributed by atoms with Crippen LogP contribution in [0.15, 0.2) is 17.0 Å². The molecular weight excluding hydrogens is 545 g/mol. The van der Waals surface area contributed by atoms with Gasteiger partial charge in [0.1, 0.15) is 5.82 Å². The second-order valence-corrected chi connectivity index (χ2v) is 13.9. The normalized spacial score (nSPS) is 13.3. The Bertz CT molecular complexity index is 1240. The predicted molar refractivity (Wildman–Crippen MR) is 157 cm³/mol. The number of fused-ring (bicyclic) bond motifs is 1. The van der Waals surface area contributed by atoms with Gasteiger partial charge in [0.05, 0.1) is 21.2 Å². The summed E-state index contributed by atoms with van der Waals surface area (Å²) in [5, 5.41) is -0.901. The van der Waals surface area contributed by atoms with E-state index in [1.807, 2.05) is 0 Å². The fraction of sp³-hybridized carbons (Fsp3) is 0.704. The molecule has 0 aliphatic heterocycles. The first-order valence-corrected chi connectivity index (χ1v) is 17.3. The number of nitrogens with zero attached hydrogens (tertiary/aromatic N) is 1. The maximum Gasteiger partial charge on any atom is 0.294 e. The standard InChI is InChI=1S/C27H44N2O6S3/c1-3-5-6-7-8-9-10-11-12-13-14-15-22(36)18-21-19-24(38(33,34)35)20-25-27(21)29-26(28-25)17-16-23(4-2)37(30,31)32/h19-20,23H,3-18H2,1-2H3,(H,28,29)(H,30,31,32)(H,33,34,35). The van der Waals surface area contributed by atoms with E-state index in [9.17, 15) is 25.9 Å². The van der Waals surface area contributed by atoms with Gasteiger partial charge >= 0.3 is 0 Å². The van der Waals surface area contributed by atoms with Crippen molar-refractivity contribution in [3.8, 4) is 0 Å². The van der Waals surface area contributed by atoms with E-state index in [0.717, 1.165) is 24.1 Å². The summed E-state index contributed by atoms with van der Waals surface area (Å²) in [5.41, 5.74) is 1.59. The van der Waals surface area contributed by atoms with Gasteiger partial charge in [0, 0.05) is 12.8 Å². The molecule has 0 aliphatic carbocycles. The number of thiocarbonyl (C=S) groups is 1. The molecule has 0 saturated heterocycles. The van der Waals surface area contributed by atoms with Gasteiger partial charge in [-0.05, 0) is 48.2 Å². The highest BCUT2D eigenvalue weighted by Gasteiger charge is 2.22. The summed E-state index contributed by atoms with van der Waals surface area (Å²) in [6.45, 7) is 3.92. The lowest BCUT2D eigenvalue weighted by atomic mass is 10.0. The Hall–Kier alpha value is -1.40. The SMILES string of the molecule is CCCCCCCCCCCCCC(=S)Cc1cc(S(=O)(=O)O)cc2[nH]c(CCC(CC)S(=O)(=O)O)nc12. The molecule has 1 heterocycles. The Labute approximate surface area is 233 Å². The average Bonchev–Trinajstić information content (AvgIpc) is 3.25. The molecule has 0 radical (unpaired) electrons. The summed E-state index contributed by atoms with van der Waals surface area (Å²) in [5.74, 6) is 0.479. The lowest BCUT2D eigenvalue weighted by molar-refractivity contribution is 0.458. The van der Waals surface area contributed by atoms with Crippen LogP contribution in [-0.4, -0.2) is 46.0 Å². The van der Waals surface area contributed by atoms with Crippen molar-refractivity contribution >= 4 is 48.4 Å². The van der Waals surface area contributed by atoms with Gasteiger partial charge in [-0.1, -0.05) is 90.3 Å². The number of imidazole rings is 1. The second-order valence-electron chi connectivity index (χ2n) is 10.2. The van der Waals surface area contributed by atoms with Crippen LogP contribution in [0.2, 0.25) is 0 Å². The summed E-state index contributed by atoms with van der Waals surface area (Å²) < 4.78 is 65.8. The van der Waals surface area contributed by atoms with Crippen molar-refractivity contribution in [1.82, 2.24) is 9.97 Å². The molecule has 2 rings (SSSR count).